The molecule has 2 amide bonds. The van der Waals surface area contributed by atoms with Gasteiger partial charge in [0.2, 0.25) is 5.91 Å². The second-order valence-corrected chi connectivity index (χ2v) is 9.41. The number of nitrogens with zero attached hydrogens (tertiary/aromatic N) is 2. The third kappa shape index (κ3) is 5.16. The summed E-state index contributed by atoms with van der Waals surface area (Å²) in [4.78, 5) is 35.0. The number of nitrogens with one attached hydrogen (secondary N) is 2. The van der Waals surface area contributed by atoms with Gasteiger partial charge in [-0.05, 0) is 36.4 Å². The van der Waals surface area contributed by atoms with Crippen molar-refractivity contribution in [2.45, 2.75) is 9.79 Å². The molecular formula is C27H26N4O2S. The third-order valence-corrected chi connectivity index (χ3v) is 7.00. The van der Waals surface area contributed by atoms with Gasteiger partial charge in [-0.2, -0.15) is 0 Å². The van der Waals surface area contributed by atoms with Gasteiger partial charge in [-0.15, -0.1) is 0 Å². The molecule has 3 aromatic carbocycles. The number of aromatic amines is 1. The number of piperazine rings is 1. The van der Waals surface area contributed by atoms with Crippen molar-refractivity contribution in [1.82, 2.24) is 14.8 Å². The zero-order chi connectivity index (χ0) is 23.3. The van der Waals surface area contributed by atoms with Crippen molar-refractivity contribution in [2.24, 2.45) is 0 Å². The highest BCUT2D eigenvalue weighted by Crippen LogP contribution is 2.33. The second kappa shape index (κ2) is 10.2. The molecule has 0 aliphatic carbocycles. The summed E-state index contributed by atoms with van der Waals surface area (Å²) in [7, 11) is 0. The summed E-state index contributed by atoms with van der Waals surface area (Å²) in [5.74, 6) is -0.0383. The minimum Gasteiger partial charge on any atom is -0.351 e. The Kier molecular flexibility index (Phi) is 6.65. The molecule has 0 atom stereocenters. The lowest BCUT2D eigenvalue weighted by Crippen LogP contribution is -2.50. The van der Waals surface area contributed by atoms with Crippen LogP contribution in [0.5, 0.6) is 0 Å². The second-order valence-electron chi connectivity index (χ2n) is 8.30. The van der Waals surface area contributed by atoms with Crippen molar-refractivity contribution >= 4 is 40.2 Å². The molecule has 1 fully saturated rings. The highest BCUT2D eigenvalue weighted by Gasteiger charge is 2.24. The van der Waals surface area contributed by atoms with E-state index in [9.17, 15) is 9.59 Å². The summed E-state index contributed by atoms with van der Waals surface area (Å²) in [6.45, 7) is 2.84. The topological polar surface area (TPSA) is 68.4 Å². The molecule has 1 aliphatic rings. The first kappa shape index (κ1) is 22.3. The summed E-state index contributed by atoms with van der Waals surface area (Å²) in [6, 6.07) is 27.8. The van der Waals surface area contributed by atoms with E-state index in [1.165, 1.54) is 0 Å². The SMILES string of the molecule is O=C(CN1CCN(C(=O)c2cc3ccccc3[nH]2)CC1)Nc1ccccc1Sc1ccccc1. The number of amides is 2. The van der Waals surface area contributed by atoms with Crippen LogP contribution in [-0.2, 0) is 4.79 Å². The summed E-state index contributed by atoms with van der Waals surface area (Å²) < 4.78 is 0. The first-order valence-corrected chi connectivity index (χ1v) is 12.2. The number of fused-ring (bicyclic) bond motifs is 1. The molecule has 1 aromatic heterocycles. The predicted molar refractivity (Wildman–Crippen MR) is 136 cm³/mol. The first-order valence-electron chi connectivity index (χ1n) is 11.4. The Hall–Kier alpha value is -3.55. The first-order chi connectivity index (χ1) is 16.7. The van der Waals surface area contributed by atoms with Crippen molar-refractivity contribution in [2.75, 3.05) is 38.0 Å². The number of H-pyrrole nitrogens is 1. The van der Waals surface area contributed by atoms with Gasteiger partial charge in [0, 0.05) is 46.9 Å². The largest absolute Gasteiger partial charge is 0.351 e. The Balaban J connectivity index is 1.15. The Morgan fingerprint density at radius 1 is 0.853 bits per heavy atom. The number of hydrogen-bond acceptors (Lipinski definition) is 4. The van der Waals surface area contributed by atoms with Gasteiger partial charge in [-0.3, -0.25) is 14.5 Å². The summed E-state index contributed by atoms with van der Waals surface area (Å²) in [5.41, 5.74) is 2.39. The van der Waals surface area contributed by atoms with Gasteiger partial charge in [0.15, 0.2) is 0 Å². The van der Waals surface area contributed by atoms with E-state index in [0.29, 0.717) is 38.4 Å². The number of aromatic nitrogens is 1. The van der Waals surface area contributed by atoms with E-state index in [1.54, 1.807) is 11.8 Å². The van der Waals surface area contributed by atoms with Crippen molar-refractivity contribution in [1.29, 1.82) is 0 Å². The van der Waals surface area contributed by atoms with Crippen molar-refractivity contribution < 1.29 is 9.59 Å². The fraction of sp³-hybridized carbons (Fsp3) is 0.185. The van der Waals surface area contributed by atoms with Crippen LogP contribution in [-0.4, -0.2) is 59.3 Å². The highest BCUT2D eigenvalue weighted by atomic mass is 32.2. The quantitative estimate of drug-likeness (QED) is 0.428. The Morgan fingerprint density at radius 3 is 2.35 bits per heavy atom. The normalized spacial score (nSPS) is 14.3. The van der Waals surface area contributed by atoms with E-state index in [-0.39, 0.29) is 11.8 Å². The molecule has 0 saturated carbocycles. The van der Waals surface area contributed by atoms with Gasteiger partial charge in [0.25, 0.3) is 5.91 Å². The van der Waals surface area contributed by atoms with Crippen molar-refractivity contribution in [3.05, 3.63) is 90.6 Å². The monoisotopic (exact) mass is 470 g/mol. The van der Waals surface area contributed by atoms with Gasteiger partial charge in [-0.25, -0.2) is 0 Å². The minimum atomic E-state index is -0.0449. The smallest absolute Gasteiger partial charge is 0.270 e. The standard InChI is InChI=1S/C27H26N4O2S/c32-26(29-23-12-6-7-13-25(23)34-21-9-2-1-3-10-21)19-30-14-16-31(17-15-30)27(33)24-18-20-8-4-5-11-22(20)28-24/h1-13,18,28H,14-17,19H2,(H,29,32). The van der Waals surface area contributed by atoms with Crippen LogP contribution in [0, 0.1) is 0 Å². The molecule has 1 saturated heterocycles. The Morgan fingerprint density at radius 2 is 1.56 bits per heavy atom. The number of para-hydroxylation sites is 2. The third-order valence-electron chi connectivity index (χ3n) is 5.92. The molecule has 2 heterocycles. The Bertz CT molecular complexity index is 1260. The van der Waals surface area contributed by atoms with E-state index in [1.807, 2.05) is 77.7 Å². The molecule has 172 valence electrons. The molecule has 0 bridgehead atoms. The fourth-order valence-electron chi connectivity index (χ4n) is 4.14. The molecular weight excluding hydrogens is 444 g/mol. The van der Waals surface area contributed by atoms with E-state index in [4.69, 9.17) is 0 Å². The van der Waals surface area contributed by atoms with Crippen LogP contribution in [0.4, 0.5) is 5.69 Å². The van der Waals surface area contributed by atoms with Gasteiger partial charge in [0.1, 0.15) is 5.69 Å². The fourth-order valence-corrected chi connectivity index (χ4v) is 5.06. The van der Waals surface area contributed by atoms with E-state index >= 15 is 0 Å². The average Bonchev–Trinajstić information content (AvgIpc) is 3.30. The van der Waals surface area contributed by atoms with E-state index in [2.05, 4.69) is 27.3 Å². The molecule has 4 aromatic rings. The number of benzene rings is 3. The summed E-state index contributed by atoms with van der Waals surface area (Å²) in [5, 5.41) is 4.10. The van der Waals surface area contributed by atoms with Crippen LogP contribution >= 0.6 is 11.8 Å². The highest BCUT2D eigenvalue weighted by molar-refractivity contribution is 7.99. The molecule has 34 heavy (non-hydrogen) atoms. The molecule has 7 heteroatoms. The maximum absolute atomic E-state index is 12.9. The van der Waals surface area contributed by atoms with Crippen LogP contribution in [0.15, 0.2) is 94.7 Å². The van der Waals surface area contributed by atoms with E-state index in [0.717, 1.165) is 26.4 Å². The molecule has 0 radical (unpaired) electrons. The number of carbonyl (C=O) groups is 2. The summed E-state index contributed by atoms with van der Waals surface area (Å²) in [6.07, 6.45) is 0. The lowest BCUT2D eigenvalue weighted by Gasteiger charge is -2.34. The average molecular weight is 471 g/mol. The van der Waals surface area contributed by atoms with Crippen LogP contribution in [0.25, 0.3) is 10.9 Å². The number of rotatable bonds is 6. The van der Waals surface area contributed by atoms with Crippen LogP contribution in [0.2, 0.25) is 0 Å². The molecule has 6 nitrogen and oxygen atoms in total. The lowest BCUT2D eigenvalue weighted by molar-refractivity contribution is -0.117. The number of anilines is 1. The van der Waals surface area contributed by atoms with Gasteiger partial charge in [0.05, 0.1) is 12.2 Å². The lowest BCUT2D eigenvalue weighted by atomic mass is 10.2. The van der Waals surface area contributed by atoms with Gasteiger partial charge >= 0.3 is 0 Å². The minimum absolute atomic E-state index is 0.00663. The molecule has 1 aliphatic heterocycles. The number of carbonyl (C=O) groups excluding carboxylic acids is 2. The maximum Gasteiger partial charge on any atom is 0.270 e. The summed E-state index contributed by atoms with van der Waals surface area (Å²) >= 11 is 1.63. The van der Waals surface area contributed by atoms with Crippen LogP contribution in [0.1, 0.15) is 10.5 Å². The predicted octanol–water partition coefficient (Wildman–Crippen LogP) is 4.72. The Labute approximate surface area is 203 Å². The number of hydrogen-bond donors (Lipinski definition) is 2. The maximum atomic E-state index is 12.9. The zero-order valence-electron chi connectivity index (χ0n) is 18.7. The molecule has 5 rings (SSSR count). The molecule has 0 spiro atoms. The van der Waals surface area contributed by atoms with Crippen molar-refractivity contribution in [3.63, 3.8) is 0 Å². The van der Waals surface area contributed by atoms with Gasteiger partial charge in [-0.1, -0.05) is 60.3 Å². The van der Waals surface area contributed by atoms with E-state index < -0.39 is 0 Å². The zero-order valence-corrected chi connectivity index (χ0v) is 19.6. The van der Waals surface area contributed by atoms with Crippen LogP contribution in [0.3, 0.4) is 0 Å². The molecule has 0 unspecified atom stereocenters. The van der Waals surface area contributed by atoms with Crippen molar-refractivity contribution in [3.8, 4) is 0 Å². The van der Waals surface area contributed by atoms with Gasteiger partial charge < -0.3 is 15.2 Å². The molecule has 2 N–H and O–H groups in total. The van der Waals surface area contributed by atoms with Crippen LogP contribution < -0.4 is 5.32 Å².